The van der Waals surface area contributed by atoms with Gasteiger partial charge in [0.25, 0.3) is 0 Å². The van der Waals surface area contributed by atoms with Crippen LogP contribution in [0.15, 0.2) is 49.2 Å². The smallest absolute Gasteiger partial charge is 0.224 e. The maximum atomic E-state index is 12.1. The highest BCUT2D eigenvalue weighted by Gasteiger charge is 2.30. The standard InChI is InChI=1S/C18H20N4O/c1-13(20-18(23)14-6-7-14)22-11-15(10-21-9-8-19-12-21)16-4-2-3-5-17(16)22/h2-5,8-9,11-14H,6-7,10H2,1H3,(H,20,23). The van der Waals surface area contributed by atoms with E-state index in [2.05, 4.69) is 43.8 Å². The Bertz CT molecular complexity index is 830. The third-order valence-corrected chi connectivity index (χ3v) is 4.45. The lowest BCUT2D eigenvalue weighted by Gasteiger charge is -2.17. The van der Waals surface area contributed by atoms with Crippen molar-refractivity contribution >= 4 is 16.8 Å². The second-order valence-electron chi connectivity index (χ2n) is 6.27. The number of rotatable bonds is 5. The van der Waals surface area contributed by atoms with Crippen LogP contribution in [0.2, 0.25) is 0 Å². The van der Waals surface area contributed by atoms with Crippen LogP contribution in [-0.2, 0) is 11.3 Å². The van der Waals surface area contributed by atoms with E-state index >= 15 is 0 Å². The molecule has 1 aliphatic carbocycles. The first-order valence-electron chi connectivity index (χ1n) is 8.07. The monoisotopic (exact) mass is 308 g/mol. The predicted octanol–water partition coefficient (Wildman–Crippen LogP) is 2.93. The number of hydrogen-bond acceptors (Lipinski definition) is 2. The number of hydrogen-bond donors (Lipinski definition) is 1. The lowest BCUT2D eigenvalue weighted by Crippen LogP contribution is -2.31. The molecule has 5 heteroatoms. The molecule has 1 saturated carbocycles. The number of nitrogens with one attached hydrogen (secondary N) is 1. The van der Waals surface area contributed by atoms with E-state index in [1.165, 1.54) is 10.9 Å². The minimum atomic E-state index is -0.0514. The summed E-state index contributed by atoms with van der Waals surface area (Å²) in [4.78, 5) is 16.2. The van der Waals surface area contributed by atoms with Gasteiger partial charge in [0, 0.05) is 29.9 Å². The van der Waals surface area contributed by atoms with Crippen molar-refractivity contribution in [2.24, 2.45) is 5.92 Å². The Labute approximate surface area is 134 Å². The SMILES string of the molecule is CC(NC(=O)C1CC1)n1cc(Cn2ccnc2)c2ccccc21. The van der Waals surface area contributed by atoms with Gasteiger partial charge in [-0.3, -0.25) is 4.79 Å². The molecular weight excluding hydrogens is 288 g/mol. The molecule has 4 rings (SSSR count). The van der Waals surface area contributed by atoms with E-state index in [0.717, 1.165) is 24.9 Å². The molecule has 0 saturated heterocycles. The molecule has 1 atom stereocenters. The van der Waals surface area contributed by atoms with Crippen molar-refractivity contribution in [3.8, 4) is 0 Å². The summed E-state index contributed by atoms with van der Waals surface area (Å²) in [5.74, 6) is 0.399. The number of amides is 1. The summed E-state index contributed by atoms with van der Waals surface area (Å²) in [6, 6.07) is 8.33. The van der Waals surface area contributed by atoms with Crippen LogP contribution < -0.4 is 5.32 Å². The van der Waals surface area contributed by atoms with E-state index in [1.54, 1.807) is 6.20 Å². The summed E-state index contributed by atoms with van der Waals surface area (Å²) in [6.45, 7) is 2.81. The molecule has 1 fully saturated rings. The minimum Gasteiger partial charge on any atom is -0.336 e. The average Bonchev–Trinajstić information content (AvgIpc) is 3.18. The van der Waals surface area contributed by atoms with E-state index in [4.69, 9.17) is 0 Å². The van der Waals surface area contributed by atoms with Crippen LogP contribution in [0, 0.1) is 5.92 Å². The van der Waals surface area contributed by atoms with Gasteiger partial charge in [-0.2, -0.15) is 0 Å². The van der Waals surface area contributed by atoms with Crippen LogP contribution in [-0.4, -0.2) is 20.0 Å². The first kappa shape index (κ1) is 14.1. The minimum absolute atomic E-state index is 0.0514. The second kappa shape index (κ2) is 5.57. The fraction of sp³-hybridized carbons (Fsp3) is 0.333. The molecular formula is C18H20N4O. The molecule has 0 radical (unpaired) electrons. The Morgan fingerprint density at radius 3 is 2.96 bits per heavy atom. The fourth-order valence-corrected chi connectivity index (χ4v) is 3.04. The number of carbonyl (C=O) groups is 1. The van der Waals surface area contributed by atoms with Gasteiger partial charge < -0.3 is 14.5 Å². The first-order chi connectivity index (χ1) is 11.2. The number of imidazole rings is 1. The molecule has 0 bridgehead atoms. The van der Waals surface area contributed by atoms with Crippen LogP contribution in [0.3, 0.4) is 0 Å². The van der Waals surface area contributed by atoms with Gasteiger partial charge in [-0.05, 0) is 31.4 Å². The zero-order chi connectivity index (χ0) is 15.8. The number of fused-ring (bicyclic) bond motifs is 1. The highest BCUT2D eigenvalue weighted by Crippen LogP contribution is 2.30. The number of nitrogens with zero attached hydrogens (tertiary/aromatic N) is 3. The van der Waals surface area contributed by atoms with E-state index in [1.807, 2.05) is 25.5 Å². The Kier molecular flexibility index (Phi) is 3.41. The lowest BCUT2D eigenvalue weighted by atomic mass is 10.2. The summed E-state index contributed by atoms with van der Waals surface area (Å²) < 4.78 is 4.21. The third-order valence-electron chi connectivity index (χ3n) is 4.45. The Hall–Kier alpha value is -2.56. The summed E-state index contributed by atoms with van der Waals surface area (Å²) in [5, 5.41) is 4.34. The second-order valence-corrected chi connectivity index (χ2v) is 6.27. The van der Waals surface area contributed by atoms with Crippen LogP contribution in [0.1, 0.15) is 31.5 Å². The topological polar surface area (TPSA) is 51.9 Å². The molecule has 1 aromatic carbocycles. The average molecular weight is 308 g/mol. The molecule has 0 spiro atoms. The zero-order valence-electron chi connectivity index (χ0n) is 13.1. The molecule has 3 aromatic rings. The molecule has 2 heterocycles. The van der Waals surface area contributed by atoms with Crippen LogP contribution >= 0.6 is 0 Å². The number of benzene rings is 1. The summed E-state index contributed by atoms with van der Waals surface area (Å²) >= 11 is 0. The van der Waals surface area contributed by atoms with Crippen LogP contribution in [0.5, 0.6) is 0 Å². The van der Waals surface area contributed by atoms with E-state index < -0.39 is 0 Å². The summed E-state index contributed by atoms with van der Waals surface area (Å²) in [6.07, 6.45) is 9.72. The van der Waals surface area contributed by atoms with Gasteiger partial charge in [-0.1, -0.05) is 18.2 Å². The lowest BCUT2D eigenvalue weighted by molar-refractivity contribution is -0.123. The molecule has 0 aliphatic heterocycles. The normalized spacial score (nSPS) is 15.7. The van der Waals surface area contributed by atoms with Gasteiger partial charge in [0.15, 0.2) is 0 Å². The Balaban J connectivity index is 1.67. The molecule has 5 nitrogen and oxygen atoms in total. The third kappa shape index (κ3) is 2.74. The molecule has 2 aromatic heterocycles. The van der Waals surface area contributed by atoms with Crippen molar-refractivity contribution in [2.45, 2.75) is 32.5 Å². The Morgan fingerprint density at radius 1 is 1.39 bits per heavy atom. The zero-order valence-corrected chi connectivity index (χ0v) is 13.1. The number of carbonyl (C=O) groups excluding carboxylic acids is 1. The first-order valence-corrected chi connectivity index (χ1v) is 8.07. The van der Waals surface area contributed by atoms with E-state index in [0.29, 0.717) is 0 Å². The summed E-state index contributed by atoms with van der Waals surface area (Å²) in [7, 11) is 0. The van der Waals surface area contributed by atoms with Gasteiger partial charge in [-0.15, -0.1) is 0 Å². The van der Waals surface area contributed by atoms with E-state index in [-0.39, 0.29) is 18.0 Å². The maximum absolute atomic E-state index is 12.1. The number of aromatic nitrogens is 3. The molecule has 1 N–H and O–H groups in total. The van der Waals surface area contributed by atoms with Gasteiger partial charge in [0.2, 0.25) is 5.91 Å². The van der Waals surface area contributed by atoms with Crippen molar-refractivity contribution < 1.29 is 4.79 Å². The van der Waals surface area contributed by atoms with Crippen LogP contribution in [0.4, 0.5) is 0 Å². The molecule has 118 valence electrons. The van der Waals surface area contributed by atoms with Crippen molar-refractivity contribution in [1.82, 2.24) is 19.4 Å². The van der Waals surface area contributed by atoms with Crippen molar-refractivity contribution in [1.29, 1.82) is 0 Å². The van der Waals surface area contributed by atoms with E-state index in [9.17, 15) is 4.79 Å². The largest absolute Gasteiger partial charge is 0.336 e. The fourth-order valence-electron chi connectivity index (χ4n) is 3.04. The van der Waals surface area contributed by atoms with Gasteiger partial charge in [0.05, 0.1) is 18.4 Å². The molecule has 1 unspecified atom stereocenters. The van der Waals surface area contributed by atoms with Gasteiger partial charge in [-0.25, -0.2) is 4.98 Å². The summed E-state index contributed by atoms with van der Waals surface area (Å²) in [5.41, 5.74) is 2.37. The van der Waals surface area contributed by atoms with Crippen molar-refractivity contribution in [3.63, 3.8) is 0 Å². The predicted molar refractivity (Wildman–Crippen MR) is 88.8 cm³/mol. The van der Waals surface area contributed by atoms with Crippen LogP contribution in [0.25, 0.3) is 10.9 Å². The molecule has 1 aliphatic rings. The number of para-hydroxylation sites is 1. The maximum Gasteiger partial charge on any atom is 0.224 e. The van der Waals surface area contributed by atoms with Gasteiger partial charge in [0.1, 0.15) is 6.17 Å². The highest BCUT2D eigenvalue weighted by molar-refractivity contribution is 5.85. The van der Waals surface area contributed by atoms with Crippen molar-refractivity contribution in [3.05, 3.63) is 54.7 Å². The molecule has 23 heavy (non-hydrogen) atoms. The van der Waals surface area contributed by atoms with Crippen molar-refractivity contribution in [2.75, 3.05) is 0 Å². The Morgan fingerprint density at radius 2 is 2.22 bits per heavy atom. The molecule has 1 amide bonds. The highest BCUT2D eigenvalue weighted by atomic mass is 16.2. The van der Waals surface area contributed by atoms with Gasteiger partial charge >= 0.3 is 0 Å². The quantitative estimate of drug-likeness (QED) is 0.788.